The number of hydrogen-bond acceptors (Lipinski definition) is 7. The first kappa shape index (κ1) is 19.4. The molecular formula is C21H23N5O2S2. The molecule has 0 amide bonds. The molecule has 4 aromatic rings. The summed E-state index contributed by atoms with van der Waals surface area (Å²) in [6.07, 6.45) is 2.30. The van der Waals surface area contributed by atoms with Gasteiger partial charge in [-0.15, -0.1) is 16.4 Å². The highest BCUT2D eigenvalue weighted by Gasteiger charge is 2.30. The Morgan fingerprint density at radius 2 is 2.03 bits per heavy atom. The Morgan fingerprint density at radius 1 is 1.20 bits per heavy atom. The molecule has 1 aliphatic rings. The minimum absolute atomic E-state index is 0.0874. The average Bonchev–Trinajstić information content (AvgIpc) is 3.35. The van der Waals surface area contributed by atoms with Gasteiger partial charge in [0.1, 0.15) is 0 Å². The second-order valence-electron chi connectivity index (χ2n) is 8.17. The number of sulfone groups is 1. The van der Waals surface area contributed by atoms with Crippen molar-refractivity contribution in [2.45, 2.75) is 43.5 Å². The Kier molecular flexibility index (Phi) is 4.55. The molecule has 1 fully saturated rings. The van der Waals surface area contributed by atoms with E-state index >= 15 is 0 Å². The molecule has 7 nitrogen and oxygen atoms in total. The van der Waals surface area contributed by atoms with Crippen LogP contribution < -0.4 is 4.90 Å². The summed E-state index contributed by atoms with van der Waals surface area (Å²) in [6.45, 7) is 7.75. The lowest BCUT2D eigenvalue weighted by atomic mass is 10.0. The first-order valence-corrected chi connectivity index (χ1v) is 12.4. The summed E-state index contributed by atoms with van der Waals surface area (Å²) in [5.74, 6) is 1.41. The molecule has 30 heavy (non-hydrogen) atoms. The molecular weight excluding hydrogens is 418 g/mol. The van der Waals surface area contributed by atoms with Gasteiger partial charge in [-0.1, -0.05) is 24.3 Å². The number of anilines is 1. The Balaban J connectivity index is 1.75. The summed E-state index contributed by atoms with van der Waals surface area (Å²) in [5.41, 5.74) is 2.69. The van der Waals surface area contributed by atoms with Crippen LogP contribution in [0.5, 0.6) is 0 Å². The van der Waals surface area contributed by atoms with Crippen molar-refractivity contribution in [3.8, 4) is 0 Å². The molecule has 0 radical (unpaired) electrons. The molecule has 0 saturated carbocycles. The first-order valence-electron chi connectivity index (χ1n) is 10.1. The Morgan fingerprint density at radius 3 is 2.83 bits per heavy atom. The zero-order valence-corrected chi connectivity index (χ0v) is 18.8. The topological polar surface area (TPSA) is 80.5 Å². The van der Waals surface area contributed by atoms with Crippen molar-refractivity contribution < 1.29 is 8.42 Å². The molecule has 1 saturated heterocycles. The molecule has 0 N–H and O–H groups in total. The molecule has 1 unspecified atom stereocenters. The number of aromatic nitrogens is 4. The third-order valence-corrected chi connectivity index (χ3v) is 8.44. The zero-order chi connectivity index (χ0) is 21.0. The lowest BCUT2D eigenvalue weighted by molar-refractivity contribution is 0.445. The molecule has 3 aromatic heterocycles. The second-order valence-corrected chi connectivity index (χ2v) is 10.9. The van der Waals surface area contributed by atoms with Crippen LogP contribution in [0.15, 0.2) is 39.6 Å². The van der Waals surface area contributed by atoms with E-state index in [2.05, 4.69) is 22.1 Å². The summed E-state index contributed by atoms with van der Waals surface area (Å²) in [7, 11) is -3.86. The number of hydrogen-bond donors (Lipinski definition) is 0. The van der Waals surface area contributed by atoms with E-state index in [4.69, 9.17) is 4.98 Å². The highest BCUT2D eigenvalue weighted by Crippen LogP contribution is 2.35. The van der Waals surface area contributed by atoms with Gasteiger partial charge in [0.2, 0.25) is 14.9 Å². The highest BCUT2D eigenvalue weighted by molar-refractivity contribution is 7.91. The van der Waals surface area contributed by atoms with Crippen molar-refractivity contribution in [1.82, 2.24) is 19.8 Å². The number of nitrogens with zero attached hydrogens (tertiary/aromatic N) is 5. The molecule has 1 aliphatic heterocycles. The first-order chi connectivity index (χ1) is 14.4. The molecule has 9 heteroatoms. The summed E-state index contributed by atoms with van der Waals surface area (Å²) in [4.78, 5) is 7.36. The monoisotopic (exact) mass is 441 g/mol. The van der Waals surface area contributed by atoms with Crippen molar-refractivity contribution in [3.63, 3.8) is 0 Å². The maximum Gasteiger partial charge on any atom is 0.229 e. The largest absolute Gasteiger partial charge is 0.355 e. The standard InChI is InChI=1S/C21H23N5O2S2/c1-13-6-7-15(3)17(11-13)30(27,28)21-20-22-19(25-9-4-5-14(2)12-25)18-16(8-10-29-18)26(20)24-23-21/h6-8,10-11,14H,4-5,9,12H2,1-3H3. The lowest BCUT2D eigenvalue weighted by Gasteiger charge is -2.32. The maximum atomic E-state index is 13.5. The van der Waals surface area contributed by atoms with Gasteiger partial charge in [0.05, 0.1) is 15.1 Å². The van der Waals surface area contributed by atoms with Crippen LogP contribution in [0.2, 0.25) is 0 Å². The maximum absolute atomic E-state index is 13.5. The van der Waals surface area contributed by atoms with Crippen LogP contribution in [-0.2, 0) is 9.84 Å². The molecule has 5 rings (SSSR count). The van der Waals surface area contributed by atoms with Crippen molar-refractivity contribution in [2.24, 2.45) is 5.92 Å². The van der Waals surface area contributed by atoms with E-state index in [1.54, 1.807) is 28.8 Å². The number of aryl methyl sites for hydroxylation is 2. The van der Waals surface area contributed by atoms with Crippen LogP contribution in [0.4, 0.5) is 5.82 Å². The van der Waals surface area contributed by atoms with Gasteiger partial charge in [0.25, 0.3) is 0 Å². The molecule has 4 heterocycles. The number of benzene rings is 1. The second kappa shape index (κ2) is 7.02. The fraction of sp³-hybridized carbons (Fsp3) is 0.381. The minimum Gasteiger partial charge on any atom is -0.355 e. The number of thiophene rings is 1. The summed E-state index contributed by atoms with van der Waals surface area (Å²) in [6, 6.07) is 7.36. The van der Waals surface area contributed by atoms with Crippen molar-refractivity contribution in [3.05, 3.63) is 40.8 Å². The van der Waals surface area contributed by atoms with Gasteiger partial charge < -0.3 is 4.90 Å². The van der Waals surface area contributed by atoms with Crippen LogP contribution >= 0.6 is 11.3 Å². The molecule has 0 bridgehead atoms. The van der Waals surface area contributed by atoms with Crippen LogP contribution in [0.3, 0.4) is 0 Å². The van der Waals surface area contributed by atoms with Crippen LogP contribution in [0.1, 0.15) is 30.9 Å². The van der Waals surface area contributed by atoms with E-state index in [0.717, 1.165) is 41.1 Å². The van der Waals surface area contributed by atoms with E-state index in [9.17, 15) is 8.42 Å². The molecule has 156 valence electrons. The predicted molar refractivity (Wildman–Crippen MR) is 118 cm³/mol. The van der Waals surface area contributed by atoms with Crippen molar-refractivity contribution in [1.29, 1.82) is 0 Å². The Bertz CT molecular complexity index is 1370. The van der Waals surface area contributed by atoms with E-state index < -0.39 is 9.84 Å². The minimum atomic E-state index is -3.86. The van der Waals surface area contributed by atoms with Crippen LogP contribution in [0, 0.1) is 19.8 Å². The lowest BCUT2D eigenvalue weighted by Crippen LogP contribution is -2.35. The molecule has 1 atom stereocenters. The van der Waals surface area contributed by atoms with Gasteiger partial charge >= 0.3 is 0 Å². The van der Waals surface area contributed by atoms with Crippen molar-refractivity contribution >= 4 is 42.9 Å². The van der Waals surface area contributed by atoms with Gasteiger partial charge in [-0.2, -0.15) is 4.52 Å². The average molecular weight is 442 g/mol. The van der Waals surface area contributed by atoms with Gasteiger partial charge in [-0.05, 0) is 61.2 Å². The Labute approximate surface area is 179 Å². The summed E-state index contributed by atoms with van der Waals surface area (Å²) < 4.78 is 29.6. The SMILES string of the molecule is Cc1ccc(C)c(S(=O)(=O)c2nnn3c2nc(N2CCCC(C)C2)c2sccc23)c1. The van der Waals surface area contributed by atoms with Crippen LogP contribution in [0.25, 0.3) is 15.9 Å². The molecule has 0 spiro atoms. The van der Waals surface area contributed by atoms with Crippen molar-refractivity contribution in [2.75, 3.05) is 18.0 Å². The quantitative estimate of drug-likeness (QED) is 0.478. The van der Waals surface area contributed by atoms with Crippen LogP contribution in [-0.4, -0.2) is 41.3 Å². The molecule has 0 aliphatic carbocycles. The van der Waals surface area contributed by atoms with E-state index in [1.165, 1.54) is 6.42 Å². The third-order valence-electron chi connectivity index (χ3n) is 5.75. The number of fused-ring (bicyclic) bond motifs is 3. The fourth-order valence-electron chi connectivity index (χ4n) is 4.18. The van der Waals surface area contributed by atoms with Gasteiger partial charge in [-0.3, -0.25) is 0 Å². The number of piperidine rings is 1. The summed E-state index contributed by atoms with van der Waals surface area (Å²) in [5, 5.41) is 10.2. The smallest absolute Gasteiger partial charge is 0.229 e. The van der Waals surface area contributed by atoms with E-state index in [0.29, 0.717) is 11.5 Å². The normalized spacial score (nSPS) is 17.8. The Hall–Kier alpha value is -2.52. The third kappa shape index (κ3) is 2.99. The zero-order valence-electron chi connectivity index (χ0n) is 17.2. The van der Waals surface area contributed by atoms with Gasteiger partial charge in [0.15, 0.2) is 11.5 Å². The summed E-state index contributed by atoms with van der Waals surface area (Å²) >= 11 is 1.60. The number of rotatable bonds is 3. The highest BCUT2D eigenvalue weighted by atomic mass is 32.2. The van der Waals surface area contributed by atoms with Gasteiger partial charge in [-0.25, -0.2) is 13.4 Å². The fourth-order valence-corrected chi connectivity index (χ4v) is 6.63. The van der Waals surface area contributed by atoms with Gasteiger partial charge in [0, 0.05) is 13.1 Å². The predicted octanol–water partition coefficient (Wildman–Crippen LogP) is 4.02. The van der Waals surface area contributed by atoms with E-state index in [1.807, 2.05) is 30.5 Å². The molecule has 1 aromatic carbocycles. The van der Waals surface area contributed by atoms with E-state index in [-0.39, 0.29) is 15.6 Å².